The molecule has 2 aliphatic rings. The average molecular weight is 352 g/mol. The van der Waals surface area contributed by atoms with Crippen molar-refractivity contribution in [2.75, 3.05) is 47.3 Å². The van der Waals surface area contributed by atoms with Gasteiger partial charge in [-0.1, -0.05) is 26.7 Å². The fraction of sp³-hybridized carbons (Fsp3) is 0.950. The average Bonchev–Trinajstić information content (AvgIpc) is 2.60. The van der Waals surface area contributed by atoms with Crippen LogP contribution in [0.15, 0.2) is 4.99 Å². The molecule has 0 radical (unpaired) electrons. The number of piperidine rings is 1. The number of hydrogen-bond donors (Lipinski definition) is 2. The number of nitrogens with one attached hydrogen (secondary N) is 2. The van der Waals surface area contributed by atoms with Crippen molar-refractivity contribution in [1.82, 2.24) is 20.4 Å². The Labute approximate surface area is 155 Å². The van der Waals surface area contributed by atoms with Crippen molar-refractivity contribution in [2.24, 2.45) is 10.9 Å². The van der Waals surface area contributed by atoms with Gasteiger partial charge in [0.05, 0.1) is 0 Å². The molecule has 2 rings (SSSR count). The van der Waals surface area contributed by atoms with E-state index in [2.05, 4.69) is 53.4 Å². The lowest BCUT2D eigenvalue weighted by Crippen LogP contribution is -2.57. The zero-order valence-corrected chi connectivity index (χ0v) is 17.3. The van der Waals surface area contributed by atoms with E-state index in [1.165, 1.54) is 64.6 Å². The first-order chi connectivity index (χ1) is 12.0. The second-order valence-corrected chi connectivity index (χ2v) is 8.51. The molecule has 2 N–H and O–H groups in total. The van der Waals surface area contributed by atoms with Crippen molar-refractivity contribution < 1.29 is 0 Å². The zero-order chi connectivity index (χ0) is 18.3. The van der Waals surface area contributed by atoms with E-state index in [4.69, 9.17) is 0 Å². The van der Waals surface area contributed by atoms with Crippen LogP contribution in [0.3, 0.4) is 0 Å². The highest BCUT2D eigenvalue weighted by Gasteiger charge is 2.37. The fourth-order valence-electron chi connectivity index (χ4n) is 4.61. The molecule has 0 spiro atoms. The quantitative estimate of drug-likeness (QED) is 0.570. The topological polar surface area (TPSA) is 42.9 Å². The lowest BCUT2D eigenvalue weighted by Gasteiger charge is -2.45. The van der Waals surface area contributed by atoms with E-state index in [0.717, 1.165) is 18.4 Å². The summed E-state index contributed by atoms with van der Waals surface area (Å²) >= 11 is 0. The van der Waals surface area contributed by atoms with Gasteiger partial charge in [0.25, 0.3) is 0 Å². The molecule has 0 bridgehead atoms. The number of likely N-dealkylation sites (N-methyl/N-ethyl adjacent to an activating group) is 1. The van der Waals surface area contributed by atoms with Gasteiger partial charge in [-0.3, -0.25) is 4.99 Å². The second kappa shape index (κ2) is 9.77. The summed E-state index contributed by atoms with van der Waals surface area (Å²) in [6.07, 6.45) is 8.96. The minimum atomic E-state index is 0.264. The highest BCUT2D eigenvalue weighted by molar-refractivity contribution is 5.80. The molecule has 1 saturated heterocycles. The first-order valence-corrected chi connectivity index (χ1v) is 10.4. The van der Waals surface area contributed by atoms with Gasteiger partial charge in [-0.05, 0) is 58.7 Å². The first-order valence-electron chi connectivity index (χ1n) is 10.4. The van der Waals surface area contributed by atoms with Gasteiger partial charge in [0, 0.05) is 38.3 Å². The van der Waals surface area contributed by atoms with Crippen LogP contribution in [0, 0.1) is 5.92 Å². The number of rotatable bonds is 6. The molecule has 0 amide bonds. The molecule has 146 valence electrons. The summed E-state index contributed by atoms with van der Waals surface area (Å²) < 4.78 is 0. The summed E-state index contributed by atoms with van der Waals surface area (Å²) in [5.41, 5.74) is 0.264. The van der Waals surface area contributed by atoms with Crippen LogP contribution in [0.1, 0.15) is 58.8 Å². The summed E-state index contributed by atoms with van der Waals surface area (Å²) in [6.45, 7) is 9.31. The predicted octanol–water partition coefficient (Wildman–Crippen LogP) is 2.54. The summed E-state index contributed by atoms with van der Waals surface area (Å²) in [5, 5.41) is 7.32. The van der Waals surface area contributed by atoms with Gasteiger partial charge < -0.3 is 20.4 Å². The van der Waals surface area contributed by atoms with Crippen molar-refractivity contribution >= 4 is 5.96 Å². The van der Waals surface area contributed by atoms with Crippen LogP contribution in [-0.2, 0) is 0 Å². The Hall–Kier alpha value is -0.810. The van der Waals surface area contributed by atoms with E-state index < -0.39 is 0 Å². The predicted molar refractivity (Wildman–Crippen MR) is 108 cm³/mol. The van der Waals surface area contributed by atoms with Gasteiger partial charge in [0.2, 0.25) is 0 Å². The van der Waals surface area contributed by atoms with Crippen LogP contribution in [0.4, 0.5) is 0 Å². The maximum absolute atomic E-state index is 4.49. The molecule has 0 aromatic rings. The van der Waals surface area contributed by atoms with E-state index >= 15 is 0 Å². The number of aliphatic imine (C=N–C) groups is 1. The minimum absolute atomic E-state index is 0.264. The zero-order valence-electron chi connectivity index (χ0n) is 17.3. The van der Waals surface area contributed by atoms with E-state index in [0.29, 0.717) is 6.04 Å². The molecule has 2 unspecified atom stereocenters. The smallest absolute Gasteiger partial charge is 0.191 e. The second-order valence-electron chi connectivity index (χ2n) is 8.51. The Bertz CT molecular complexity index is 414. The SMILES string of the molecule is CCCN1CCC(NC(=NC)NCC2(N(C)C)CCCC(C)C2)CC1. The molecule has 2 atom stereocenters. The maximum atomic E-state index is 4.49. The van der Waals surface area contributed by atoms with Crippen LogP contribution >= 0.6 is 0 Å². The molecule has 25 heavy (non-hydrogen) atoms. The van der Waals surface area contributed by atoms with Gasteiger partial charge in [-0.15, -0.1) is 0 Å². The fourth-order valence-corrected chi connectivity index (χ4v) is 4.61. The first kappa shape index (κ1) is 20.5. The van der Waals surface area contributed by atoms with Crippen molar-refractivity contribution in [3.8, 4) is 0 Å². The molecule has 1 saturated carbocycles. The minimum Gasteiger partial charge on any atom is -0.355 e. The lowest BCUT2D eigenvalue weighted by atomic mass is 9.75. The summed E-state index contributed by atoms with van der Waals surface area (Å²) in [5.74, 6) is 1.80. The van der Waals surface area contributed by atoms with Crippen molar-refractivity contribution in [1.29, 1.82) is 0 Å². The number of hydrogen-bond acceptors (Lipinski definition) is 3. The van der Waals surface area contributed by atoms with Crippen molar-refractivity contribution in [2.45, 2.75) is 70.4 Å². The van der Waals surface area contributed by atoms with E-state index in [1.54, 1.807) is 0 Å². The molecule has 2 fully saturated rings. The lowest BCUT2D eigenvalue weighted by molar-refractivity contribution is 0.0794. The molecule has 0 aromatic carbocycles. The molecule has 0 aromatic heterocycles. The van der Waals surface area contributed by atoms with Crippen LogP contribution in [0.25, 0.3) is 0 Å². The van der Waals surface area contributed by atoms with Gasteiger partial charge >= 0.3 is 0 Å². The third-order valence-corrected chi connectivity index (χ3v) is 6.29. The molecule has 1 aliphatic carbocycles. The molecule has 1 heterocycles. The third kappa shape index (κ3) is 5.85. The van der Waals surface area contributed by atoms with Crippen LogP contribution < -0.4 is 10.6 Å². The van der Waals surface area contributed by atoms with Crippen LogP contribution in [-0.4, -0.2) is 74.7 Å². The monoisotopic (exact) mass is 351 g/mol. The van der Waals surface area contributed by atoms with E-state index in [9.17, 15) is 0 Å². The molecule has 5 heteroatoms. The normalized spacial score (nSPS) is 29.8. The Kier molecular flexibility index (Phi) is 8.01. The summed E-state index contributed by atoms with van der Waals surface area (Å²) in [7, 11) is 6.37. The van der Waals surface area contributed by atoms with Crippen LogP contribution in [0.5, 0.6) is 0 Å². The Morgan fingerprint density at radius 3 is 2.52 bits per heavy atom. The maximum Gasteiger partial charge on any atom is 0.191 e. The standard InChI is InChI=1S/C20H41N5/c1-6-12-25-13-9-18(10-14-25)23-19(21-3)22-16-20(24(4)5)11-7-8-17(2)15-20/h17-18H,6-16H2,1-5H3,(H2,21,22,23). The summed E-state index contributed by atoms with van der Waals surface area (Å²) in [4.78, 5) is 9.51. The summed E-state index contributed by atoms with van der Waals surface area (Å²) in [6, 6.07) is 0.555. The van der Waals surface area contributed by atoms with Crippen LogP contribution in [0.2, 0.25) is 0 Å². The number of likely N-dealkylation sites (tertiary alicyclic amines) is 1. The molecule has 5 nitrogen and oxygen atoms in total. The van der Waals surface area contributed by atoms with Crippen molar-refractivity contribution in [3.63, 3.8) is 0 Å². The molecule has 1 aliphatic heterocycles. The molecular weight excluding hydrogens is 310 g/mol. The van der Waals surface area contributed by atoms with Gasteiger partial charge in [-0.25, -0.2) is 0 Å². The van der Waals surface area contributed by atoms with E-state index in [1.807, 2.05) is 7.05 Å². The Morgan fingerprint density at radius 2 is 1.96 bits per heavy atom. The highest BCUT2D eigenvalue weighted by Crippen LogP contribution is 2.35. The van der Waals surface area contributed by atoms with Gasteiger partial charge in [0.15, 0.2) is 5.96 Å². The van der Waals surface area contributed by atoms with E-state index in [-0.39, 0.29) is 5.54 Å². The highest BCUT2D eigenvalue weighted by atomic mass is 15.2. The largest absolute Gasteiger partial charge is 0.355 e. The van der Waals surface area contributed by atoms with Gasteiger partial charge in [-0.2, -0.15) is 0 Å². The third-order valence-electron chi connectivity index (χ3n) is 6.29. The van der Waals surface area contributed by atoms with Crippen molar-refractivity contribution in [3.05, 3.63) is 0 Å². The molecular formula is C20H41N5. The number of nitrogens with zero attached hydrogens (tertiary/aromatic N) is 3. The number of guanidine groups is 1. The van der Waals surface area contributed by atoms with Gasteiger partial charge in [0.1, 0.15) is 0 Å². The Morgan fingerprint density at radius 1 is 1.24 bits per heavy atom. The Balaban J connectivity index is 1.83.